The van der Waals surface area contributed by atoms with Crippen LogP contribution in [0.1, 0.15) is 51.1 Å². The summed E-state index contributed by atoms with van der Waals surface area (Å²) < 4.78 is 19.2. The van der Waals surface area contributed by atoms with Gasteiger partial charge >= 0.3 is 0 Å². The highest BCUT2D eigenvalue weighted by Crippen LogP contribution is 2.25. The lowest BCUT2D eigenvalue weighted by atomic mass is 10.1. The monoisotopic (exact) mass is 426 g/mol. The molecule has 0 aliphatic rings. The van der Waals surface area contributed by atoms with Crippen LogP contribution in [0.2, 0.25) is 0 Å². The Hall–Kier alpha value is -2.73. The summed E-state index contributed by atoms with van der Waals surface area (Å²) in [5.41, 5.74) is 4.83. The molecule has 6 heteroatoms. The SMILES string of the molecule is CCCN(Cc1csc(COc2cc(C)cc(C)c2C)n1)C(=O)c1ccc(F)cc1. The van der Waals surface area contributed by atoms with E-state index in [1.807, 2.05) is 18.4 Å². The van der Waals surface area contributed by atoms with Crippen molar-refractivity contribution in [1.82, 2.24) is 9.88 Å². The number of carbonyl (C=O) groups excluding carboxylic acids is 1. The molecule has 0 atom stereocenters. The average molecular weight is 427 g/mol. The fourth-order valence-corrected chi connectivity index (χ4v) is 3.97. The normalized spacial score (nSPS) is 10.8. The fourth-order valence-electron chi connectivity index (χ4n) is 3.27. The van der Waals surface area contributed by atoms with Crippen molar-refractivity contribution in [2.45, 2.75) is 47.3 Å². The van der Waals surface area contributed by atoms with Crippen LogP contribution >= 0.6 is 11.3 Å². The maximum atomic E-state index is 13.2. The Morgan fingerprint density at radius 1 is 1.17 bits per heavy atom. The van der Waals surface area contributed by atoms with Crippen molar-refractivity contribution >= 4 is 17.2 Å². The maximum absolute atomic E-state index is 13.2. The van der Waals surface area contributed by atoms with E-state index in [1.54, 1.807) is 4.90 Å². The predicted octanol–water partition coefficient (Wildman–Crippen LogP) is 5.84. The minimum Gasteiger partial charge on any atom is -0.486 e. The van der Waals surface area contributed by atoms with Crippen LogP contribution in [0, 0.1) is 26.6 Å². The predicted molar refractivity (Wildman–Crippen MR) is 119 cm³/mol. The molecule has 0 N–H and O–H groups in total. The maximum Gasteiger partial charge on any atom is 0.254 e. The number of hydrogen-bond donors (Lipinski definition) is 0. The standard InChI is InChI=1S/C24H27FN2O2S/c1-5-10-27(24(28)19-6-8-20(25)9-7-19)13-21-15-30-23(26-21)14-29-22-12-16(2)11-17(3)18(22)4/h6-9,11-12,15H,5,10,13-14H2,1-4H3. The second-order valence-electron chi connectivity index (χ2n) is 7.46. The molecule has 4 nitrogen and oxygen atoms in total. The zero-order valence-electron chi connectivity index (χ0n) is 17.9. The minimum atomic E-state index is -0.350. The van der Waals surface area contributed by atoms with Crippen LogP contribution in [-0.4, -0.2) is 22.3 Å². The molecule has 0 aliphatic carbocycles. The lowest BCUT2D eigenvalue weighted by Gasteiger charge is -2.21. The lowest BCUT2D eigenvalue weighted by Crippen LogP contribution is -2.31. The summed E-state index contributed by atoms with van der Waals surface area (Å²) in [4.78, 5) is 19.2. The quantitative estimate of drug-likeness (QED) is 0.454. The van der Waals surface area contributed by atoms with Gasteiger partial charge in [0.1, 0.15) is 23.2 Å². The number of amides is 1. The summed E-state index contributed by atoms with van der Waals surface area (Å²) in [6.45, 7) is 9.65. The number of aryl methyl sites for hydroxylation is 2. The van der Waals surface area contributed by atoms with Gasteiger partial charge in [-0.15, -0.1) is 11.3 Å². The minimum absolute atomic E-state index is 0.117. The van der Waals surface area contributed by atoms with Crippen molar-refractivity contribution in [2.24, 2.45) is 0 Å². The Balaban J connectivity index is 1.67. The largest absolute Gasteiger partial charge is 0.486 e. The van der Waals surface area contributed by atoms with Crippen molar-refractivity contribution in [1.29, 1.82) is 0 Å². The van der Waals surface area contributed by atoms with Crippen LogP contribution in [0.25, 0.3) is 0 Å². The van der Waals surface area contributed by atoms with E-state index in [0.717, 1.165) is 28.4 Å². The molecule has 0 unspecified atom stereocenters. The second-order valence-corrected chi connectivity index (χ2v) is 8.40. The van der Waals surface area contributed by atoms with Gasteiger partial charge in [-0.3, -0.25) is 4.79 Å². The molecule has 0 aliphatic heterocycles. The fraction of sp³-hybridized carbons (Fsp3) is 0.333. The van der Waals surface area contributed by atoms with Crippen LogP contribution in [-0.2, 0) is 13.2 Å². The number of rotatable bonds is 8. The van der Waals surface area contributed by atoms with Gasteiger partial charge in [-0.05, 0) is 74.2 Å². The lowest BCUT2D eigenvalue weighted by molar-refractivity contribution is 0.0741. The first kappa shape index (κ1) is 22.0. The van der Waals surface area contributed by atoms with Crippen LogP contribution in [0.5, 0.6) is 5.75 Å². The highest BCUT2D eigenvalue weighted by atomic mass is 32.1. The van der Waals surface area contributed by atoms with Gasteiger partial charge in [0.25, 0.3) is 5.91 Å². The zero-order valence-corrected chi connectivity index (χ0v) is 18.7. The van der Waals surface area contributed by atoms with E-state index in [4.69, 9.17) is 4.74 Å². The summed E-state index contributed by atoms with van der Waals surface area (Å²) in [5, 5.41) is 2.84. The Morgan fingerprint density at radius 3 is 2.60 bits per heavy atom. The summed E-state index contributed by atoms with van der Waals surface area (Å²) in [5.74, 6) is 0.411. The van der Waals surface area contributed by atoms with Crippen LogP contribution in [0.15, 0.2) is 41.8 Å². The smallest absolute Gasteiger partial charge is 0.254 e. The van der Waals surface area contributed by atoms with Crippen LogP contribution in [0.3, 0.4) is 0 Å². The van der Waals surface area contributed by atoms with Gasteiger partial charge in [-0.2, -0.15) is 0 Å². The van der Waals surface area contributed by atoms with E-state index in [-0.39, 0.29) is 11.7 Å². The van der Waals surface area contributed by atoms with E-state index >= 15 is 0 Å². The van der Waals surface area contributed by atoms with Gasteiger partial charge in [0.05, 0.1) is 12.2 Å². The number of thiazole rings is 1. The highest BCUT2D eigenvalue weighted by molar-refractivity contribution is 7.09. The van der Waals surface area contributed by atoms with Crippen molar-refractivity contribution in [3.8, 4) is 5.75 Å². The molecule has 158 valence electrons. The van der Waals surface area contributed by atoms with Gasteiger partial charge in [0.2, 0.25) is 0 Å². The first-order valence-corrected chi connectivity index (χ1v) is 10.9. The van der Waals surface area contributed by atoms with E-state index in [0.29, 0.717) is 25.3 Å². The molecule has 3 aromatic rings. The van der Waals surface area contributed by atoms with Gasteiger partial charge in [-0.1, -0.05) is 13.0 Å². The van der Waals surface area contributed by atoms with Crippen molar-refractivity contribution in [3.63, 3.8) is 0 Å². The summed E-state index contributed by atoms with van der Waals surface area (Å²) in [7, 11) is 0. The van der Waals surface area contributed by atoms with Gasteiger partial charge in [-0.25, -0.2) is 9.37 Å². The first-order chi connectivity index (χ1) is 14.4. The Morgan fingerprint density at radius 2 is 1.90 bits per heavy atom. The number of benzene rings is 2. The van der Waals surface area contributed by atoms with Crippen LogP contribution in [0.4, 0.5) is 4.39 Å². The number of carbonyl (C=O) groups is 1. The summed E-state index contributed by atoms with van der Waals surface area (Å²) in [6, 6.07) is 9.85. The van der Waals surface area contributed by atoms with Crippen molar-refractivity contribution in [2.75, 3.05) is 6.54 Å². The van der Waals surface area contributed by atoms with Crippen molar-refractivity contribution in [3.05, 3.63) is 80.6 Å². The molecular weight excluding hydrogens is 399 g/mol. The molecule has 0 bridgehead atoms. The van der Waals surface area contributed by atoms with Crippen LogP contribution < -0.4 is 4.74 Å². The molecule has 1 heterocycles. The summed E-state index contributed by atoms with van der Waals surface area (Å²) >= 11 is 1.53. The molecule has 30 heavy (non-hydrogen) atoms. The molecule has 0 saturated carbocycles. The molecular formula is C24H27FN2O2S. The third-order valence-corrected chi connectivity index (χ3v) is 5.81. The van der Waals surface area contributed by atoms with Crippen molar-refractivity contribution < 1.29 is 13.9 Å². The van der Waals surface area contributed by atoms with Gasteiger partial charge in [0, 0.05) is 17.5 Å². The third kappa shape index (κ3) is 5.45. The summed E-state index contributed by atoms with van der Waals surface area (Å²) in [6.07, 6.45) is 0.832. The molecule has 1 aromatic heterocycles. The Bertz CT molecular complexity index is 1010. The number of halogens is 1. The number of aromatic nitrogens is 1. The van der Waals surface area contributed by atoms with Gasteiger partial charge in [0.15, 0.2) is 0 Å². The highest BCUT2D eigenvalue weighted by Gasteiger charge is 2.17. The molecule has 0 radical (unpaired) electrons. The van der Waals surface area contributed by atoms with E-state index in [1.165, 1.54) is 46.7 Å². The topological polar surface area (TPSA) is 42.4 Å². The first-order valence-electron chi connectivity index (χ1n) is 10.1. The molecule has 0 fully saturated rings. The Labute approximate surface area is 181 Å². The number of hydrogen-bond acceptors (Lipinski definition) is 4. The molecule has 0 spiro atoms. The molecule has 1 amide bonds. The van der Waals surface area contributed by atoms with E-state index in [9.17, 15) is 9.18 Å². The zero-order chi connectivity index (χ0) is 21.7. The average Bonchev–Trinajstić information content (AvgIpc) is 3.16. The second kappa shape index (κ2) is 9.85. The Kier molecular flexibility index (Phi) is 7.21. The van der Waals surface area contributed by atoms with Gasteiger partial charge < -0.3 is 9.64 Å². The molecule has 0 saturated heterocycles. The number of ether oxygens (including phenoxy) is 1. The molecule has 2 aromatic carbocycles. The molecule has 3 rings (SSSR count). The van der Waals surface area contributed by atoms with E-state index < -0.39 is 0 Å². The number of nitrogens with zero attached hydrogens (tertiary/aromatic N) is 2. The third-order valence-electron chi connectivity index (χ3n) is 4.94. The van der Waals surface area contributed by atoms with E-state index in [2.05, 4.69) is 31.8 Å².